The summed E-state index contributed by atoms with van der Waals surface area (Å²) < 4.78 is 24.3. The zero-order chi connectivity index (χ0) is 18.4. The third-order valence-corrected chi connectivity index (χ3v) is 5.34. The SMILES string of the molecule is Cc1ccc(C(=O)NNC(=O)CCS(=O)(=O)c2ccc(C)cc2)cc1. The van der Waals surface area contributed by atoms with Crippen LogP contribution in [0.15, 0.2) is 53.4 Å². The lowest BCUT2D eigenvalue weighted by atomic mass is 10.1. The third kappa shape index (κ3) is 5.42. The van der Waals surface area contributed by atoms with Crippen molar-refractivity contribution in [1.82, 2.24) is 10.9 Å². The molecule has 0 unspecified atom stereocenters. The average molecular weight is 360 g/mol. The first kappa shape index (κ1) is 18.7. The fourth-order valence-electron chi connectivity index (χ4n) is 2.06. The Hall–Kier alpha value is -2.67. The van der Waals surface area contributed by atoms with Crippen LogP contribution in [0, 0.1) is 13.8 Å². The van der Waals surface area contributed by atoms with E-state index in [0.717, 1.165) is 11.1 Å². The highest BCUT2D eigenvalue weighted by Crippen LogP contribution is 2.13. The fraction of sp³-hybridized carbons (Fsp3) is 0.222. The summed E-state index contributed by atoms with van der Waals surface area (Å²) in [6.45, 7) is 3.76. The monoisotopic (exact) mass is 360 g/mol. The summed E-state index contributed by atoms with van der Waals surface area (Å²) in [6, 6.07) is 13.3. The van der Waals surface area contributed by atoms with Crippen molar-refractivity contribution in [2.45, 2.75) is 25.2 Å². The molecule has 7 heteroatoms. The number of hydrogen-bond acceptors (Lipinski definition) is 4. The van der Waals surface area contributed by atoms with Gasteiger partial charge in [0, 0.05) is 12.0 Å². The molecule has 0 aliphatic rings. The number of aryl methyl sites for hydroxylation is 2. The molecule has 0 spiro atoms. The second-order valence-corrected chi connectivity index (χ2v) is 7.86. The first-order valence-electron chi connectivity index (χ1n) is 7.73. The predicted molar refractivity (Wildman–Crippen MR) is 94.6 cm³/mol. The number of rotatable bonds is 5. The summed E-state index contributed by atoms with van der Waals surface area (Å²) in [5, 5.41) is 0. The Bertz CT molecular complexity index is 857. The minimum Gasteiger partial charge on any atom is -0.273 e. The van der Waals surface area contributed by atoms with Crippen LogP contribution < -0.4 is 10.9 Å². The molecule has 6 nitrogen and oxygen atoms in total. The first-order chi connectivity index (χ1) is 11.8. The van der Waals surface area contributed by atoms with E-state index in [2.05, 4.69) is 10.9 Å². The highest BCUT2D eigenvalue weighted by Gasteiger charge is 2.16. The molecule has 2 N–H and O–H groups in total. The highest BCUT2D eigenvalue weighted by atomic mass is 32.2. The maximum atomic E-state index is 12.2. The second kappa shape index (κ2) is 7.94. The zero-order valence-electron chi connectivity index (χ0n) is 14.1. The van der Waals surface area contributed by atoms with E-state index in [4.69, 9.17) is 0 Å². The van der Waals surface area contributed by atoms with Gasteiger partial charge in [-0.15, -0.1) is 0 Å². The Morgan fingerprint density at radius 2 is 1.36 bits per heavy atom. The first-order valence-corrected chi connectivity index (χ1v) is 9.38. The van der Waals surface area contributed by atoms with E-state index in [9.17, 15) is 18.0 Å². The number of hydrogen-bond donors (Lipinski definition) is 2. The maximum Gasteiger partial charge on any atom is 0.269 e. The molecule has 0 bridgehead atoms. The summed E-state index contributed by atoms with van der Waals surface area (Å²) in [4.78, 5) is 23.8. The molecule has 0 aliphatic heterocycles. The molecule has 0 heterocycles. The van der Waals surface area contributed by atoms with Crippen molar-refractivity contribution in [3.05, 3.63) is 65.2 Å². The summed E-state index contributed by atoms with van der Waals surface area (Å²) >= 11 is 0. The van der Waals surface area contributed by atoms with Gasteiger partial charge in [-0.3, -0.25) is 20.4 Å². The average Bonchev–Trinajstić information content (AvgIpc) is 2.59. The van der Waals surface area contributed by atoms with Gasteiger partial charge in [0.25, 0.3) is 5.91 Å². The van der Waals surface area contributed by atoms with Crippen molar-refractivity contribution < 1.29 is 18.0 Å². The molecule has 132 valence electrons. The van der Waals surface area contributed by atoms with Crippen LogP contribution >= 0.6 is 0 Å². The van der Waals surface area contributed by atoms with E-state index < -0.39 is 21.7 Å². The molecule has 0 fully saturated rings. The van der Waals surface area contributed by atoms with Crippen LogP contribution in [0.1, 0.15) is 27.9 Å². The minimum absolute atomic E-state index is 0.176. The van der Waals surface area contributed by atoms with Crippen LogP contribution in [0.5, 0.6) is 0 Å². The number of amides is 2. The molecule has 2 amide bonds. The van der Waals surface area contributed by atoms with Crippen LogP contribution in [-0.4, -0.2) is 26.0 Å². The molecule has 2 aromatic rings. The van der Waals surface area contributed by atoms with E-state index in [1.165, 1.54) is 12.1 Å². The molecule has 0 aliphatic carbocycles. The van der Waals surface area contributed by atoms with Gasteiger partial charge >= 0.3 is 0 Å². The Labute approximate surface area is 147 Å². The Kier molecular flexibility index (Phi) is 5.93. The minimum atomic E-state index is -3.54. The third-order valence-electron chi connectivity index (χ3n) is 3.61. The molecule has 0 aromatic heterocycles. The van der Waals surface area contributed by atoms with Gasteiger partial charge in [0.1, 0.15) is 0 Å². The van der Waals surface area contributed by atoms with Gasteiger partial charge in [0.2, 0.25) is 5.91 Å². The van der Waals surface area contributed by atoms with E-state index in [0.29, 0.717) is 5.56 Å². The number of benzene rings is 2. The van der Waals surface area contributed by atoms with Crippen LogP contribution in [0.25, 0.3) is 0 Å². The van der Waals surface area contributed by atoms with E-state index >= 15 is 0 Å². The van der Waals surface area contributed by atoms with Crippen LogP contribution in [0.4, 0.5) is 0 Å². The molecule has 2 rings (SSSR count). The lowest BCUT2D eigenvalue weighted by Crippen LogP contribution is -2.42. The van der Waals surface area contributed by atoms with Crippen molar-refractivity contribution in [2.24, 2.45) is 0 Å². The summed E-state index contributed by atoms with van der Waals surface area (Å²) in [6.07, 6.45) is -0.246. The van der Waals surface area contributed by atoms with Gasteiger partial charge in [-0.1, -0.05) is 35.4 Å². The second-order valence-electron chi connectivity index (χ2n) is 5.75. The van der Waals surface area contributed by atoms with Gasteiger partial charge in [-0.05, 0) is 38.1 Å². The summed E-state index contributed by atoms with van der Waals surface area (Å²) in [5.41, 5.74) is 6.87. The van der Waals surface area contributed by atoms with Gasteiger partial charge in [0.05, 0.1) is 10.6 Å². The van der Waals surface area contributed by atoms with Crippen molar-refractivity contribution in [3.63, 3.8) is 0 Å². The summed E-state index contributed by atoms with van der Waals surface area (Å²) in [7, 11) is -3.54. The Balaban J connectivity index is 1.85. The fourth-order valence-corrected chi connectivity index (χ4v) is 3.30. The van der Waals surface area contributed by atoms with Gasteiger partial charge in [0.15, 0.2) is 9.84 Å². The molecule has 0 saturated carbocycles. The van der Waals surface area contributed by atoms with Crippen LogP contribution in [-0.2, 0) is 14.6 Å². The number of nitrogens with one attached hydrogen (secondary N) is 2. The molecule has 0 atom stereocenters. The van der Waals surface area contributed by atoms with E-state index in [1.54, 1.807) is 36.4 Å². The quantitative estimate of drug-likeness (QED) is 0.797. The number of hydrazine groups is 1. The molecular weight excluding hydrogens is 340 g/mol. The number of sulfone groups is 1. The van der Waals surface area contributed by atoms with E-state index in [-0.39, 0.29) is 17.1 Å². The predicted octanol–water partition coefficient (Wildman–Crippen LogP) is 1.93. The van der Waals surface area contributed by atoms with Crippen molar-refractivity contribution >= 4 is 21.7 Å². The molecule has 25 heavy (non-hydrogen) atoms. The standard InChI is InChI=1S/C18H20N2O4S/c1-13-3-7-15(8-4-13)18(22)20-19-17(21)11-12-25(23,24)16-9-5-14(2)6-10-16/h3-10H,11-12H2,1-2H3,(H,19,21)(H,20,22). The largest absolute Gasteiger partial charge is 0.273 e. The van der Waals surface area contributed by atoms with Crippen molar-refractivity contribution in [1.29, 1.82) is 0 Å². The molecular formula is C18H20N2O4S. The van der Waals surface area contributed by atoms with Gasteiger partial charge in [-0.2, -0.15) is 0 Å². The Morgan fingerprint density at radius 1 is 0.840 bits per heavy atom. The maximum absolute atomic E-state index is 12.2. The van der Waals surface area contributed by atoms with Gasteiger partial charge in [-0.25, -0.2) is 8.42 Å². The van der Waals surface area contributed by atoms with Crippen LogP contribution in [0.3, 0.4) is 0 Å². The molecule has 0 saturated heterocycles. The number of carbonyl (C=O) groups excluding carboxylic acids is 2. The Morgan fingerprint density at radius 3 is 1.92 bits per heavy atom. The van der Waals surface area contributed by atoms with Crippen molar-refractivity contribution in [3.8, 4) is 0 Å². The van der Waals surface area contributed by atoms with Crippen molar-refractivity contribution in [2.75, 3.05) is 5.75 Å². The lowest BCUT2D eigenvalue weighted by molar-refractivity contribution is -0.121. The lowest BCUT2D eigenvalue weighted by Gasteiger charge is -2.08. The van der Waals surface area contributed by atoms with Gasteiger partial charge < -0.3 is 0 Å². The smallest absolute Gasteiger partial charge is 0.269 e. The number of carbonyl (C=O) groups is 2. The molecule has 0 radical (unpaired) electrons. The van der Waals surface area contributed by atoms with E-state index in [1.807, 2.05) is 13.8 Å². The summed E-state index contributed by atoms with van der Waals surface area (Å²) in [5.74, 6) is -1.37. The topological polar surface area (TPSA) is 92.3 Å². The molecule has 2 aromatic carbocycles. The van der Waals surface area contributed by atoms with Crippen LogP contribution in [0.2, 0.25) is 0 Å². The zero-order valence-corrected chi connectivity index (χ0v) is 14.9. The normalized spacial score (nSPS) is 11.0. The highest BCUT2D eigenvalue weighted by molar-refractivity contribution is 7.91.